The second kappa shape index (κ2) is 9.44. The average molecular weight is 379 g/mol. The summed E-state index contributed by atoms with van der Waals surface area (Å²) in [6.45, 7) is 7.69. The summed E-state index contributed by atoms with van der Waals surface area (Å²) in [6.07, 6.45) is 4.45. The van der Waals surface area contributed by atoms with Gasteiger partial charge in [-0.15, -0.1) is 11.8 Å². The van der Waals surface area contributed by atoms with Gasteiger partial charge in [0.15, 0.2) is 0 Å². The van der Waals surface area contributed by atoms with Gasteiger partial charge in [0.05, 0.1) is 6.07 Å². The van der Waals surface area contributed by atoms with Gasteiger partial charge < -0.3 is 4.90 Å². The molecule has 1 aliphatic heterocycles. The minimum absolute atomic E-state index is 0.561. The fraction of sp³-hybridized carbons (Fsp3) is 0.458. The lowest BCUT2D eigenvalue weighted by Gasteiger charge is -2.32. The Morgan fingerprint density at radius 3 is 2.44 bits per heavy atom. The molecule has 2 aromatic rings. The highest BCUT2D eigenvalue weighted by atomic mass is 32.2. The maximum absolute atomic E-state index is 10.5. The van der Waals surface area contributed by atoms with Crippen molar-refractivity contribution >= 4 is 11.8 Å². The maximum Gasteiger partial charge on any atom is 0.110 e. The van der Waals surface area contributed by atoms with Gasteiger partial charge in [-0.2, -0.15) is 5.26 Å². The highest BCUT2D eigenvalue weighted by Gasteiger charge is 2.39. The molecule has 3 rings (SSSR count). The van der Waals surface area contributed by atoms with E-state index in [1.807, 2.05) is 11.8 Å². The van der Waals surface area contributed by atoms with E-state index in [0.717, 1.165) is 38.2 Å². The van der Waals surface area contributed by atoms with E-state index in [1.54, 1.807) is 0 Å². The Morgan fingerprint density at radius 1 is 0.963 bits per heavy atom. The van der Waals surface area contributed by atoms with Crippen molar-refractivity contribution in [3.05, 3.63) is 65.2 Å². The molecule has 142 valence electrons. The third kappa shape index (κ3) is 4.23. The second-order valence-electron chi connectivity index (χ2n) is 7.40. The van der Waals surface area contributed by atoms with Crippen molar-refractivity contribution in [2.45, 2.75) is 55.6 Å². The number of thioether (sulfide) groups is 1. The third-order valence-corrected chi connectivity index (χ3v) is 6.69. The molecular formula is C24H30N2S. The van der Waals surface area contributed by atoms with Crippen LogP contribution in [0.1, 0.15) is 56.2 Å². The minimum Gasteiger partial charge on any atom is -0.303 e. The van der Waals surface area contributed by atoms with Crippen LogP contribution in [0, 0.1) is 11.3 Å². The number of unbranched alkanes of at least 4 members (excludes halogenated alkanes) is 1. The van der Waals surface area contributed by atoms with Crippen molar-refractivity contribution in [1.82, 2.24) is 4.90 Å². The van der Waals surface area contributed by atoms with E-state index in [0.29, 0.717) is 0 Å². The molecule has 0 saturated heterocycles. The summed E-state index contributed by atoms with van der Waals surface area (Å²) in [5, 5.41) is 10.5. The number of hydrogen-bond acceptors (Lipinski definition) is 3. The van der Waals surface area contributed by atoms with Crippen LogP contribution in [0.5, 0.6) is 0 Å². The minimum atomic E-state index is -0.561. The summed E-state index contributed by atoms with van der Waals surface area (Å²) in [5.41, 5.74) is 3.14. The summed E-state index contributed by atoms with van der Waals surface area (Å²) >= 11 is 1.86. The Balaban J connectivity index is 2.00. The van der Waals surface area contributed by atoms with Crippen molar-refractivity contribution in [2.24, 2.45) is 0 Å². The second-order valence-corrected chi connectivity index (χ2v) is 8.42. The number of nitrogens with zero attached hydrogens (tertiary/aromatic N) is 2. The van der Waals surface area contributed by atoms with Gasteiger partial charge in [-0.25, -0.2) is 0 Å². The normalized spacial score (nSPS) is 18.4. The lowest BCUT2D eigenvalue weighted by molar-refractivity contribution is 0.254. The first-order chi connectivity index (χ1) is 13.2. The first kappa shape index (κ1) is 20.0. The quantitative estimate of drug-likeness (QED) is 0.563. The average Bonchev–Trinajstić information content (AvgIpc) is 2.85. The third-order valence-electron chi connectivity index (χ3n) is 5.57. The Labute approximate surface area is 168 Å². The van der Waals surface area contributed by atoms with Crippen LogP contribution < -0.4 is 0 Å². The molecule has 2 aromatic carbocycles. The Hall–Kier alpha value is -1.76. The number of fused-ring (bicyclic) bond motifs is 2. The fourth-order valence-corrected chi connectivity index (χ4v) is 5.25. The van der Waals surface area contributed by atoms with Crippen molar-refractivity contribution in [3.8, 4) is 6.07 Å². The van der Waals surface area contributed by atoms with Crippen molar-refractivity contribution in [1.29, 1.82) is 5.26 Å². The highest BCUT2D eigenvalue weighted by molar-refractivity contribution is 7.98. The summed E-state index contributed by atoms with van der Waals surface area (Å²) < 4.78 is 0. The van der Waals surface area contributed by atoms with Crippen LogP contribution in [-0.4, -0.2) is 24.5 Å². The molecule has 0 amide bonds. The van der Waals surface area contributed by atoms with E-state index in [2.05, 4.69) is 73.3 Å². The van der Waals surface area contributed by atoms with Crippen LogP contribution in [0.2, 0.25) is 0 Å². The summed E-state index contributed by atoms with van der Waals surface area (Å²) in [5.74, 6) is 0.936. The predicted molar refractivity (Wildman–Crippen MR) is 115 cm³/mol. The zero-order valence-corrected chi connectivity index (χ0v) is 17.4. The zero-order chi connectivity index (χ0) is 19.1. The molecule has 0 aliphatic carbocycles. The van der Waals surface area contributed by atoms with Crippen molar-refractivity contribution in [2.75, 3.05) is 19.6 Å². The molecule has 0 bridgehead atoms. The highest BCUT2D eigenvalue weighted by Crippen LogP contribution is 2.46. The molecule has 1 atom stereocenters. The van der Waals surface area contributed by atoms with E-state index in [9.17, 15) is 5.26 Å². The van der Waals surface area contributed by atoms with E-state index in [4.69, 9.17) is 0 Å². The molecule has 0 fully saturated rings. The predicted octanol–water partition coefficient (Wildman–Crippen LogP) is 6.00. The lowest BCUT2D eigenvalue weighted by atomic mass is 9.71. The van der Waals surface area contributed by atoms with E-state index >= 15 is 0 Å². The molecule has 0 N–H and O–H groups in total. The first-order valence-electron chi connectivity index (χ1n) is 10.2. The molecule has 0 radical (unpaired) electrons. The topological polar surface area (TPSA) is 27.0 Å². The van der Waals surface area contributed by atoms with Gasteiger partial charge in [-0.05, 0) is 55.1 Å². The van der Waals surface area contributed by atoms with Crippen LogP contribution in [0.3, 0.4) is 0 Å². The molecule has 0 saturated carbocycles. The van der Waals surface area contributed by atoms with Gasteiger partial charge in [0.25, 0.3) is 0 Å². The van der Waals surface area contributed by atoms with Crippen molar-refractivity contribution in [3.63, 3.8) is 0 Å². The molecule has 1 aliphatic rings. The van der Waals surface area contributed by atoms with Crippen LogP contribution in [0.25, 0.3) is 0 Å². The Bertz CT molecular complexity index is 745. The van der Waals surface area contributed by atoms with Crippen LogP contribution in [-0.2, 0) is 11.2 Å². The molecular weight excluding hydrogens is 348 g/mol. The maximum atomic E-state index is 10.5. The van der Waals surface area contributed by atoms with Gasteiger partial charge in [0.2, 0.25) is 0 Å². The SMILES string of the molecule is CCCCN(CCC)CCC1(C#N)c2ccccc2CSc2ccccc21. The lowest BCUT2D eigenvalue weighted by Crippen LogP contribution is -2.35. The molecule has 2 nitrogen and oxygen atoms in total. The molecule has 1 heterocycles. The number of nitriles is 1. The van der Waals surface area contributed by atoms with Gasteiger partial charge in [-0.1, -0.05) is 62.7 Å². The Morgan fingerprint density at radius 2 is 1.70 bits per heavy atom. The molecule has 27 heavy (non-hydrogen) atoms. The molecule has 0 spiro atoms. The smallest absolute Gasteiger partial charge is 0.110 e. The summed E-state index contributed by atoms with van der Waals surface area (Å²) in [4.78, 5) is 3.80. The van der Waals surface area contributed by atoms with E-state index in [-0.39, 0.29) is 0 Å². The van der Waals surface area contributed by atoms with E-state index < -0.39 is 5.41 Å². The molecule has 0 aromatic heterocycles. The van der Waals surface area contributed by atoms with Gasteiger partial charge in [-0.3, -0.25) is 0 Å². The largest absolute Gasteiger partial charge is 0.303 e. The monoisotopic (exact) mass is 378 g/mol. The van der Waals surface area contributed by atoms with Gasteiger partial charge >= 0.3 is 0 Å². The molecule has 1 unspecified atom stereocenters. The Kier molecular flexibility index (Phi) is 6.99. The van der Waals surface area contributed by atoms with Crippen LogP contribution >= 0.6 is 11.8 Å². The number of benzene rings is 2. The number of rotatable bonds is 8. The number of hydrogen-bond donors (Lipinski definition) is 0. The zero-order valence-electron chi connectivity index (χ0n) is 16.6. The summed E-state index contributed by atoms with van der Waals surface area (Å²) in [6, 6.07) is 19.9. The molecule has 3 heteroatoms. The van der Waals surface area contributed by atoms with Crippen LogP contribution in [0.4, 0.5) is 0 Å². The standard InChI is InChI=1S/C24H30N2S/c1-3-5-16-26(15-4-2)17-14-24(19-25)21-11-7-6-10-20(21)18-27-23-13-9-8-12-22(23)24/h6-13H,3-5,14-18H2,1-2H3. The first-order valence-corrected chi connectivity index (χ1v) is 11.2. The van der Waals surface area contributed by atoms with Crippen LogP contribution in [0.15, 0.2) is 53.4 Å². The summed E-state index contributed by atoms with van der Waals surface area (Å²) in [7, 11) is 0. The van der Waals surface area contributed by atoms with Gasteiger partial charge in [0, 0.05) is 17.2 Å². The van der Waals surface area contributed by atoms with Crippen molar-refractivity contribution < 1.29 is 0 Å². The van der Waals surface area contributed by atoms with Gasteiger partial charge in [0.1, 0.15) is 5.41 Å². The van der Waals surface area contributed by atoms with E-state index in [1.165, 1.54) is 34.4 Å². The fourth-order valence-electron chi connectivity index (χ4n) is 4.11.